The number of benzene rings is 1. The molecule has 2 aliphatic carbocycles. The predicted molar refractivity (Wildman–Crippen MR) is 121 cm³/mol. The molecule has 3 aromatic rings. The molecule has 2 aliphatic rings. The van der Waals surface area contributed by atoms with E-state index in [0.717, 1.165) is 37.8 Å². The second-order valence-corrected chi connectivity index (χ2v) is 10.1. The highest BCUT2D eigenvalue weighted by Gasteiger charge is 2.53. The Morgan fingerprint density at radius 2 is 2.09 bits per heavy atom. The van der Waals surface area contributed by atoms with Gasteiger partial charge < -0.3 is 9.67 Å². The van der Waals surface area contributed by atoms with E-state index in [9.17, 15) is 5.11 Å². The van der Waals surface area contributed by atoms with Crippen LogP contribution in [0.5, 0.6) is 5.75 Å². The van der Waals surface area contributed by atoms with Crippen molar-refractivity contribution in [2.24, 2.45) is 16.7 Å². The average molecular weight is 434 g/mol. The Hall–Kier alpha value is -3.09. The molecular formula is C25H28FN5O. The van der Waals surface area contributed by atoms with Crippen LogP contribution >= 0.6 is 0 Å². The number of imidazole rings is 1. The molecule has 2 heterocycles. The average Bonchev–Trinajstić information content (AvgIpc) is 3.31. The minimum absolute atomic E-state index is 0.0503. The van der Waals surface area contributed by atoms with Crippen molar-refractivity contribution in [1.29, 1.82) is 0 Å². The van der Waals surface area contributed by atoms with Crippen LogP contribution < -0.4 is 0 Å². The molecule has 2 bridgehead atoms. The standard InChI is InChI=1S/C25H28FN5O/c1-16(19-12-24(2)7-4-8-25(3,14-24)22(19)26)20-13-28-23(30-29-20)18-6-5-17(11-21(18)32)31-10-9-27-15-31/h5-6,9-11,13,15,19,22,32H,1,4,7-8,12,14H2,2-3H3/t19-,22+,24+,25+/m0/s1. The fourth-order valence-electron chi connectivity index (χ4n) is 5.92. The third kappa shape index (κ3) is 3.49. The second kappa shape index (κ2) is 7.50. The summed E-state index contributed by atoms with van der Waals surface area (Å²) in [5.41, 5.74) is 2.29. The first-order chi connectivity index (χ1) is 15.3. The van der Waals surface area contributed by atoms with Gasteiger partial charge in [-0.05, 0) is 54.2 Å². The number of nitrogens with zero attached hydrogens (tertiary/aromatic N) is 5. The topological polar surface area (TPSA) is 76.7 Å². The van der Waals surface area contributed by atoms with E-state index in [2.05, 4.69) is 40.6 Å². The first-order valence-corrected chi connectivity index (χ1v) is 11.1. The van der Waals surface area contributed by atoms with E-state index in [4.69, 9.17) is 0 Å². The van der Waals surface area contributed by atoms with Crippen molar-refractivity contribution in [2.75, 3.05) is 0 Å². The smallest absolute Gasteiger partial charge is 0.185 e. The van der Waals surface area contributed by atoms with Crippen LogP contribution in [-0.2, 0) is 0 Å². The van der Waals surface area contributed by atoms with E-state index >= 15 is 4.39 Å². The van der Waals surface area contributed by atoms with E-state index < -0.39 is 6.17 Å². The number of phenolic OH excluding ortho intramolecular Hbond substituents is 1. The fourth-order valence-corrected chi connectivity index (χ4v) is 5.92. The van der Waals surface area contributed by atoms with Crippen LogP contribution in [0, 0.1) is 16.7 Å². The summed E-state index contributed by atoms with van der Waals surface area (Å²) >= 11 is 0. The molecule has 0 saturated heterocycles. The number of allylic oxidation sites excluding steroid dienone is 1. The molecule has 0 unspecified atom stereocenters. The normalized spacial score (nSPS) is 29.6. The summed E-state index contributed by atoms with van der Waals surface area (Å²) in [6.07, 6.45) is 10.6. The first kappa shape index (κ1) is 20.8. The van der Waals surface area contributed by atoms with E-state index in [1.807, 2.05) is 6.07 Å². The zero-order valence-corrected chi connectivity index (χ0v) is 18.5. The number of rotatable bonds is 4. The Bertz CT molecular complexity index is 1150. The molecule has 4 atom stereocenters. The lowest BCUT2D eigenvalue weighted by molar-refractivity contribution is -0.0620. The molecule has 2 saturated carbocycles. The molecule has 1 N–H and O–H groups in total. The lowest BCUT2D eigenvalue weighted by Gasteiger charge is -2.54. The van der Waals surface area contributed by atoms with Gasteiger partial charge in [0.2, 0.25) is 0 Å². The van der Waals surface area contributed by atoms with Gasteiger partial charge in [0.05, 0.1) is 23.8 Å². The van der Waals surface area contributed by atoms with Crippen molar-refractivity contribution in [3.63, 3.8) is 0 Å². The quantitative estimate of drug-likeness (QED) is 0.597. The summed E-state index contributed by atoms with van der Waals surface area (Å²) in [4.78, 5) is 8.43. The number of alkyl halides is 1. The van der Waals surface area contributed by atoms with Gasteiger partial charge in [-0.1, -0.05) is 26.8 Å². The molecule has 0 amide bonds. The first-order valence-electron chi connectivity index (χ1n) is 11.1. The van der Waals surface area contributed by atoms with Crippen molar-refractivity contribution in [2.45, 2.75) is 52.1 Å². The molecule has 0 aliphatic heterocycles. The van der Waals surface area contributed by atoms with E-state index in [0.29, 0.717) is 22.7 Å². The number of halogens is 1. The van der Waals surface area contributed by atoms with Gasteiger partial charge in [-0.15, -0.1) is 10.2 Å². The van der Waals surface area contributed by atoms with Crippen LogP contribution in [0.1, 0.15) is 51.6 Å². The highest BCUT2D eigenvalue weighted by Crippen LogP contribution is 2.59. The maximum absolute atomic E-state index is 15.6. The van der Waals surface area contributed by atoms with Gasteiger partial charge >= 0.3 is 0 Å². The second-order valence-electron chi connectivity index (χ2n) is 10.1. The maximum Gasteiger partial charge on any atom is 0.185 e. The van der Waals surface area contributed by atoms with Crippen molar-refractivity contribution < 1.29 is 9.50 Å². The molecule has 0 spiro atoms. The number of phenols is 1. The Morgan fingerprint density at radius 3 is 2.78 bits per heavy atom. The molecule has 2 fully saturated rings. The molecule has 166 valence electrons. The maximum atomic E-state index is 15.6. The molecule has 0 radical (unpaired) electrons. The third-order valence-electron chi connectivity index (χ3n) is 7.45. The number of hydrogen-bond acceptors (Lipinski definition) is 5. The number of aromatic nitrogens is 5. The number of hydrogen-bond donors (Lipinski definition) is 1. The molecule has 32 heavy (non-hydrogen) atoms. The predicted octanol–water partition coefficient (Wildman–Crippen LogP) is 5.39. The molecule has 6 nitrogen and oxygen atoms in total. The highest BCUT2D eigenvalue weighted by molar-refractivity contribution is 5.67. The fraction of sp³-hybridized carbons (Fsp3) is 0.440. The van der Waals surface area contributed by atoms with Gasteiger partial charge in [-0.25, -0.2) is 14.4 Å². The van der Waals surface area contributed by atoms with Gasteiger partial charge in [-0.2, -0.15) is 0 Å². The summed E-state index contributed by atoms with van der Waals surface area (Å²) < 4.78 is 17.4. The van der Waals surface area contributed by atoms with E-state index in [-0.39, 0.29) is 22.5 Å². The zero-order chi connectivity index (χ0) is 22.5. The summed E-state index contributed by atoms with van der Waals surface area (Å²) in [6.45, 7) is 8.57. The number of aromatic hydroxyl groups is 1. The van der Waals surface area contributed by atoms with Crippen LogP contribution in [0.3, 0.4) is 0 Å². The van der Waals surface area contributed by atoms with Crippen molar-refractivity contribution >= 4 is 5.57 Å². The summed E-state index contributed by atoms with van der Waals surface area (Å²) in [5, 5.41) is 19.0. The summed E-state index contributed by atoms with van der Waals surface area (Å²) in [7, 11) is 0. The molecule has 1 aromatic carbocycles. The molecule has 7 heteroatoms. The van der Waals surface area contributed by atoms with Crippen LogP contribution in [0.2, 0.25) is 0 Å². The van der Waals surface area contributed by atoms with Crippen molar-refractivity contribution in [3.05, 3.63) is 55.4 Å². The van der Waals surface area contributed by atoms with Crippen molar-refractivity contribution in [3.8, 4) is 22.8 Å². The van der Waals surface area contributed by atoms with Crippen molar-refractivity contribution in [1.82, 2.24) is 24.7 Å². The summed E-state index contributed by atoms with van der Waals surface area (Å²) in [5.74, 6) is 0.0886. The molecular weight excluding hydrogens is 405 g/mol. The van der Waals surface area contributed by atoms with Crippen LogP contribution in [0.25, 0.3) is 22.6 Å². The SMILES string of the molecule is C=C(c1cnc(-c2ccc(-n3ccnc3)cc2O)nn1)[C@@H]1C[C@@]2(C)CCC[C@](C)(C2)[C@@H]1F. The van der Waals surface area contributed by atoms with Crippen LogP contribution in [0.4, 0.5) is 4.39 Å². The summed E-state index contributed by atoms with van der Waals surface area (Å²) in [6, 6.07) is 5.23. The minimum Gasteiger partial charge on any atom is -0.507 e. The van der Waals surface area contributed by atoms with Crippen LogP contribution in [-0.4, -0.2) is 36.0 Å². The van der Waals surface area contributed by atoms with Crippen LogP contribution in [0.15, 0.2) is 49.7 Å². The lowest BCUT2D eigenvalue weighted by Crippen LogP contribution is -2.49. The monoisotopic (exact) mass is 433 g/mol. The van der Waals surface area contributed by atoms with E-state index in [1.165, 1.54) is 0 Å². The zero-order valence-electron chi connectivity index (χ0n) is 18.5. The van der Waals surface area contributed by atoms with E-state index in [1.54, 1.807) is 41.6 Å². The third-order valence-corrected chi connectivity index (χ3v) is 7.45. The Balaban J connectivity index is 1.38. The largest absolute Gasteiger partial charge is 0.507 e. The van der Waals surface area contributed by atoms with Gasteiger partial charge in [-0.3, -0.25) is 0 Å². The Labute approximate surface area is 187 Å². The minimum atomic E-state index is -0.940. The molecule has 5 rings (SSSR count). The number of fused-ring (bicyclic) bond motifs is 2. The van der Waals surface area contributed by atoms with Gasteiger partial charge in [0.1, 0.15) is 17.6 Å². The van der Waals surface area contributed by atoms with Gasteiger partial charge in [0.15, 0.2) is 5.82 Å². The van der Waals surface area contributed by atoms with Gasteiger partial charge in [0, 0.05) is 24.4 Å². The Kier molecular flexibility index (Phi) is 4.87. The lowest BCUT2D eigenvalue weighted by atomic mass is 9.52. The molecule has 2 aromatic heterocycles. The van der Waals surface area contributed by atoms with Gasteiger partial charge in [0.25, 0.3) is 0 Å². The Morgan fingerprint density at radius 1 is 1.25 bits per heavy atom. The highest BCUT2D eigenvalue weighted by atomic mass is 19.1.